The minimum absolute atomic E-state index is 0.298. The first-order valence-corrected chi connectivity index (χ1v) is 9.96. The number of esters is 1. The Morgan fingerprint density at radius 3 is 2.22 bits per heavy atom. The van der Waals surface area contributed by atoms with E-state index in [1.54, 1.807) is 42.5 Å². The third-order valence-electron chi connectivity index (χ3n) is 4.99. The summed E-state index contributed by atoms with van der Waals surface area (Å²) in [5.74, 6) is 0.0451. The molecule has 32 heavy (non-hydrogen) atoms. The normalized spacial score (nSPS) is 10.6. The van der Waals surface area contributed by atoms with Crippen LogP contribution in [0.4, 0.5) is 5.69 Å². The summed E-state index contributed by atoms with van der Waals surface area (Å²) in [7, 11) is 1.31. The van der Waals surface area contributed by atoms with E-state index in [1.807, 2.05) is 38.1 Å². The molecule has 7 heteroatoms. The van der Waals surface area contributed by atoms with E-state index in [0.29, 0.717) is 34.2 Å². The summed E-state index contributed by atoms with van der Waals surface area (Å²) < 4.78 is 10.5. The Morgan fingerprint density at radius 2 is 1.53 bits per heavy atom. The van der Waals surface area contributed by atoms with Gasteiger partial charge in [-0.05, 0) is 67.9 Å². The molecule has 4 aromatic rings. The predicted molar refractivity (Wildman–Crippen MR) is 120 cm³/mol. The Labute approximate surface area is 185 Å². The molecule has 0 aliphatic rings. The van der Waals surface area contributed by atoms with Gasteiger partial charge in [0.1, 0.15) is 0 Å². The molecule has 3 aromatic carbocycles. The van der Waals surface area contributed by atoms with Crippen molar-refractivity contribution in [2.75, 3.05) is 12.4 Å². The molecule has 0 aliphatic heterocycles. The van der Waals surface area contributed by atoms with E-state index >= 15 is 0 Å². The van der Waals surface area contributed by atoms with Gasteiger partial charge in [-0.1, -0.05) is 23.8 Å². The monoisotopic (exact) mass is 427 g/mol. The SMILES string of the molecule is COC(=O)c1ccc(C)c(NC(=O)c2ccc(-c3nnc(-c4cccc(C)c4)o3)cc2)c1. The molecular weight excluding hydrogens is 406 g/mol. The van der Waals surface area contributed by atoms with Crippen LogP contribution >= 0.6 is 0 Å². The van der Waals surface area contributed by atoms with E-state index in [9.17, 15) is 9.59 Å². The highest BCUT2D eigenvalue weighted by molar-refractivity contribution is 6.05. The van der Waals surface area contributed by atoms with Crippen LogP contribution in [-0.2, 0) is 4.74 Å². The molecule has 0 radical (unpaired) electrons. The molecule has 1 N–H and O–H groups in total. The topological polar surface area (TPSA) is 94.3 Å². The summed E-state index contributed by atoms with van der Waals surface area (Å²) in [6.07, 6.45) is 0. The van der Waals surface area contributed by atoms with Gasteiger partial charge in [0, 0.05) is 22.4 Å². The van der Waals surface area contributed by atoms with E-state index in [1.165, 1.54) is 7.11 Å². The van der Waals surface area contributed by atoms with Gasteiger partial charge < -0.3 is 14.5 Å². The molecular formula is C25H21N3O4. The van der Waals surface area contributed by atoms with Crippen molar-refractivity contribution in [3.8, 4) is 22.9 Å². The van der Waals surface area contributed by atoms with Crippen molar-refractivity contribution in [1.82, 2.24) is 10.2 Å². The first-order chi connectivity index (χ1) is 15.4. The lowest BCUT2D eigenvalue weighted by molar-refractivity contribution is 0.0600. The summed E-state index contributed by atoms with van der Waals surface area (Å²) in [6, 6.07) is 19.7. The standard InChI is InChI=1S/C25H21N3O4/c1-15-5-4-6-19(13-15)24-28-27-23(32-24)18-11-9-17(10-12-18)22(29)26-21-14-20(25(30)31-3)8-7-16(21)2/h4-14H,1-3H3,(H,26,29). The van der Waals surface area contributed by atoms with Crippen molar-refractivity contribution < 1.29 is 18.7 Å². The molecule has 0 spiro atoms. The largest absolute Gasteiger partial charge is 0.465 e. The number of nitrogens with one attached hydrogen (secondary N) is 1. The number of nitrogens with zero attached hydrogens (tertiary/aromatic N) is 2. The van der Waals surface area contributed by atoms with Gasteiger partial charge in [0.05, 0.1) is 12.7 Å². The Bertz CT molecular complexity index is 1290. The van der Waals surface area contributed by atoms with Crippen molar-refractivity contribution in [3.63, 3.8) is 0 Å². The molecule has 1 aromatic heterocycles. The Hall–Kier alpha value is -4.26. The molecule has 0 saturated heterocycles. The van der Waals surface area contributed by atoms with Crippen molar-refractivity contribution in [3.05, 3.63) is 89.0 Å². The smallest absolute Gasteiger partial charge is 0.337 e. The maximum atomic E-state index is 12.7. The number of carbonyl (C=O) groups is 2. The number of aryl methyl sites for hydroxylation is 2. The van der Waals surface area contributed by atoms with Gasteiger partial charge in [-0.2, -0.15) is 0 Å². The van der Waals surface area contributed by atoms with E-state index in [4.69, 9.17) is 9.15 Å². The maximum Gasteiger partial charge on any atom is 0.337 e. The molecule has 1 amide bonds. The van der Waals surface area contributed by atoms with Crippen LogP contribution in [0, 0.1) is 13.8 Å². The van der Waals surface area contributed by atoms with Crippen LogP contribution in [0.3, 0.4) is 0 Å². The average molecular weight is 427 g/mol. The maximum absolute atomic E-state index is 12.7. The van der Waals surface area contributed by atoms with E-state index in [-0.39, 0.29) is 5.91 Å². The Kier molecular flexibility index (Phi) is 5.81. The Morgan fingerprint density at radius 1 is 0.844 bits per heavy atom. The third-order valence-corrected chi connectivity index (χ3v) is 4.99. The number of ether oxygens (including phenoxy) is 1. The highest BCUT2D eigenvalue weighted by Crippen LogP contribution is 2.25. The minimum atomic E-state index is -0.463. The number of amides is 1. The van der Waals surface area contributed by atoms with E-state index in [0.717, 1.165) is 16.7 Å². The van der Waals surface area contributed by atoms with Crippen LogP contribution in [0.5, 0.6) is 0 Å². The molecule has 1 heterocycles. The number of aromatic nitrogens is 2. The van der Waals surface area contributed by atoms with Crippen LogP contribution in [0.15, 0.2) is 71.1 Å². The summed E-state index contributed by atoms with van der Waals surface area (Å²) in [5, 5.41) is 11.1. The molecule has 0 bridgehead atoms. The number of hydrogen-bond donors (Lipinski definition) is 1. The minimum Gasteiger partial charge on any atom is -0.465 e. The molecule has 0 aliphatic carbocycles. The second-order valence-corrected chi connectivity index (χ2v) is 7.33. The van der Waals surface area contributed by atoms with Gasteiger partial charge in [-0.15, -0.1) is 10.2 Å². The van der Waals surface area contributed by atoms with Crippen LogP contribution < -0.4 is 5.32 Å². The molecule has 0 atom stereocenters. The first-order valence-electron chi connectivity index (χ1n) is 9.96. The van der Waals surface area contributed by atoms with Gasteiger partial charge in [0.15, 0.2) is 0 Å². The van der Waals surface area contributed by atoms with Crippen LogP contribution in [0.2, 0.25) is 0 Å². The van der Waals surface area contributed by atoms with Crippen molar-refractivity contribution in [1.29, 1.82) is 0 Å². The quantitative estimate of drug-likeness (QED) is 0.448. The average Bonchev–Trinajstić information content (AvgIpc) is 3.30. The van der Waals surface area contributed by atoms with Gasteiger partial charge >= 0.3 is 5.97 Å². The van der Waals surface area contributed by atoms with Crippen molar-refractivity contribution in [2.45, 2.75) is 13.8 Å². The number of hydrogen-bond acceptors (Lipinski definition) is 6. The molecule has 0 fully saturated rings. The lowest BCUT2D eigenvalue weighted by Gasteiger charge is -2.10. The number of rotatable bonds is 5. The zero-order valence-electron chi connectivity index (χ0n) is 17.9. The molecule has 160 valence electrons. The number of methoxy groups -OCH3 is 1. The fraction of sp³-hybridized carbons (Fsp3) is 0.120. The zero-order chi connectivity index (χ0) is 22.7. The molecule has 4 rings (SSSR count). The first kappa shape index (κ1) is 21.0. The van der Waals surface area contributed by atoms with E-state index in [2.05, 4.69) is 15.5 Å². The third kappa shape index (κ3) is 4.41. The van der Waals surface area contributed by atoms with Gasteiger partial charge in [0.25, 0.3) is 5.91 Å². The lowest BCUT2D eigenvalue weighted by Crippen LogP contribution is -2.13. The lowest BCUT2D eigenvalue weighted by atomic mass is 10.1. The predicted octanol–water partition coefficient (Wildman–Crippen LogP) is 5.06. The van der Waals surface area contributed by atoms with Crippen LogP contribution in [0.1, 0.15) is 31.8 Å². The molecule has 7 nitrogen and oxygen atoms in total. The van der Waals surface area contributed by atoms with Gasteiger partial charge in [-0.25, -0.2) is 4.79 Å². The van der Waals surface area contributed by atoms with Gasteiger partial charge in [-0.3, -0.25) is 4.79 Å². The van der Waals surface area contributed by atoms with Crippen LogP contribution in [0.25, 0.3) is 22.9 Å². The van der Waals surface area contributed by atoms with Crippen molar-refractivity contribution >= 4 is 17.6 Å². The summed E-state index contributed by atoms with van der Waals surface area (Å²) in [6.45, 7) is 3.85. The van der Waals surface area contributed by atoms with E-state index < -0.39 is 5.97 Å². The summed E-state index contributed by atoms with van der Waals surface area (Å²) in [4.78, 5) is 24.5. The summed E-state index contributed by atoms with van der Waals surface area (Å²) in [5.41, 5.74) is 4.85. The van der Waals surface area contributed by atoms with Crippen LogP contribution in [-0.4, -0.2) is 29.2 Å². The fourth-order valence-electron chi connectivity index (χ4n) is 3.19. The highest BCUT2D eigenvalue weighted by Gasteiger charge is 2.14. The molecule has 0 saturated carbocycles. The second kappa shape index (κ2) is 8.85. The Balaban J connectivity index is 1.51. The zero-order valence-corrected chi connectivity index (χ0v) is 17.9. The fourth-order valence-corrected chi connectivity index (χ4v) is 3.19. The second-order valence-electron chi connectivity index (χ2n) is 7.33. The summed E-state index contributed by atoms with van der Waals surface area (Å²) >= 11 is 0. The number of benzene rings is 3. The number of anilines is 1. The number of carbonyl (C=O) groups excluding carboxylic acids is 2. The van der Waals surface area contributed by atoms with Crippen molar-refractivity contribution in [2.24, 2.45) is 0 Å². The van der Waals surface area contributed by atoms with Gasteiger partial charge in [0.2, 0.25) is 11.8 Å². The highest BCUT2D eigenvalue weighted by atomic mass is 16.5. The molecule has 0 unspecified atom stereocenters.